The lowest BCUT2D eigenvalue weighted by molar-refractivity contribution is 0.575. The van der Waals surface area contributed by atoms with Crippen molar-refractivity contribution in [1.82, 2.24) is 5.32 Å². The number of aliphatic imine (C=N–C) groups is 1. The van der Waals surface area contributed by atoms with Gasteiger partial charge in [-0.05, 0) is 12.3 Å². The maximum absolute atomic E-state index is 4.61. The molecule has 0 bridgehead atoms. The Morgan fingerprint density at radius 1 is 1.35 bits per heavy atom. The third-order valence-corrected chi connectivity index (χ3v) is 6.83. The molecule has 2 unspecified atom stereocenters. The van der Waals surface area contributed by atoms with Gasteiger partial charge in [-0.1, -0.05) is 25.6 Å². The van der Waals surface area contributed by atoms with Gasteiger partial charge in [0.2, 0.25) is 0 Å². The highest BCUT2D eigenvalue weighted by atomic mass is 32.2. The summed E-state index contributed by atoms with van der Waals surface area (Å²) in [6, 6.07) is 0. The second-order valence-corrected chi connectivity index (χ2v) is 8.81. The summed E-state index contributed by atoms with van der Waals surface area (Å²) in [6.07, 6.45) is 1.29. The Balaban J connectivity index is 1.63. The van der Waals surface area contributed by atoms with E-state index >= 15 is 0 Å². The Hall–Kier alpha value is 0.520. The third kappa shape index (κ3) is 4.95. The van der Waals surface area contributed by atoms with Crippen LogP contribution in [-0.4, -0.2) is 46.0 Å². The second kappa shape index (κ2) is 7.19. The molecule has 2 atom stereocenters. The summed E-state index contributed by atoms with van der Waals surface area (Å²) < 4.78 is 0. The molecule has 0 saturated carbocycles. The van der Waals surface area contributed by atoms with Gasteiger partial charge >= 0.3 is 0 Å². The van der Waals surface area contributed by atoms with Crippen molar-refractivity contribution in [3.63, 3.8) is 0 Å². The molecule has 17 heavy (non-hydrogen) atoms. The largest absolute Gasteiger partial charge is 0.364 e. The van der Waals surface area contributed by atoms with Gasteiger partial charge in [-0.15, -0.1) is 0 Å². The third-order valence-electron chi connectivity index (χ3n) is 2.82. The van der Waals surface area contributed by atoms with Crippen LogP contribution in [0.25, 0.3) is 0 Å². The van der Waals surface area contributed by atoms with Crippen LogP contribution in [-0.2, 0) is 0 Å². The number of thioether (sulfide) groups is 3. The summed E-state index contributed by atoms with van der Waals surface area (Å²) in [5, 5.41) is 6.21. The van der Waals surface area contributed by atoms with Crippen LogP contribution in [0.3, 0.4) is 0 Å². The van der Waals surface area contributed by atoms with Crippen LogP contribution in [0.2, 0.25) is 0 Å². The molecule has 0 radical (unpaired) electrons. The summed E-state index contributed by atoms with van der Waals surface area (Å²) >= 11 is 6.15. The van der Waals surface area contributed by atoms with Gasteiger partial charge in [0.15, 0.2) is 5.17 Å². The maximum Gasteiger partial charge on any atom is 0.156 e. The molecule has 2 nitrogen and oxygen atoms in total. The predicted molar refractivity (Wildman–Crippen MR) is 84.7 cm³/mol. The highest BCUT2D eigenvalue weighted by molar-refractivity contribution is 8.14. The molecular weight excluding hydrogens is 268 g/mol. The smallest absolute Gasteiger partial charge is 0.156 e. The molecule has 2 rings (SSSR count). The molecule has 1 fully saturated rings. The Morgan fingerprint density at radius 2 is 2.24 bits per heavy atom. The predicted octanol–water partition coefficient (Wildman–Crippen LogP) is 2.94. The zero-order chi connectivity index (χ0) is 12.1. The summed E-state index contributed by atoms with van der Waals surface area (Å²) in [4.78, 5) is 4.61. The van der Waals surface area contributed by atoms with Crippen LogP contribution in [0.5, 0.6) is 0 Å². The number of nitrogens with one attached hydrogen (secondary N) is 1. The zero-order valence-electron chi connectivity index (χ0n) is 10.6. The van der Waals surface area contributed by atoms with E-state index in [2.05, 4.69) is 47.7 Å². The van der Waals surface area contributed by atoms with E-state index in [0.29, 0.717) is 5.25 Å². The summed E-state index contributed by atoms with van der Waals surface area (Å²) in [6.45, 7) is 6.69. The first-order valence-corrected chi connectivity index (χ1v) is 9.46. The Morgan fingerprint density at radius 3 is 2.94 bits per heavy atom. The first-order chi connectivity index (χ1) is 8.24. The van der Waals surface area contributed by atoms with Gasteiger partial charge in [0.1, 0.15) is 0 Å². The lowest BCUT2D eigenvalue weighted by Crippen LogP contribution is -2.31. The average Bonchev–Trinajstić information content (AvgIpc) is 2.75. The molecule has 5 heteroatoms. The van der Waals surface area contributed by atoms with E-state index in [0.717, 1.165) is 24.3 Å². The molecule has 0 aromatic carbocycles. The standard InChI is InChI=1S/C12H22N2S3/c1-9(2)5-10-6-13-12(17-10)14-7-11-8-15-3-4-16-11/h9-11H,3-8H2,1-2H3,(H,13,14). The first-order valence-electron chi connectivity index (χ1n) is 6.38. The molecular formula is C12H22N2S3. The van der Waals surface area contributed by atoms with Gasteiger partial charge in [0.05, 0.1) is 6.54 Å². The van der Waals surface area contributed by atoms with Gasteiger partial charge in [0.25, 0.3) is 0 Å². The quantitative estimate of drug-likeness (QED) is 0.860. The van der Waals surface area contributed by atoms with E-state index < -0.39 is 0 Å². The normalized spacial score (nSPS) is 29.5. The molecule has 0 aliphatic carbocycles. The number of rotatable bonds is 4. The minimum atomic E-state index is 0.714. The van der Waals surface area contributed by atoms with Crippen molar-refractivity contribution in [3.8, 4) is 0 Å². The van der Waals surface area contributed by atoms with Crippen LogP contribution >= 0.6 is 35.3 Å². The van der Waals surface area contributed by atoms with Crippen molar-refractivity contribution >= 4 is 40.5 Å². The molecule has 2 aliphatic rings. The monoisotopic (exact) mass is 290 g/mol. The molecule has 1 N–H and O–H groups in total. The van der Waals surface area contributed by atoms with Crippen LogP contribution in [0, 0.1) is 5.92 Å². The number of amidine groups is 1. The van der Waals surface area contributed by atoms with Crippen LogP contribution in [0.1, 0.15) is 20.3 Å². The van der Waals surface area contributed by atoms with Crippen LogP contribution in [0.4, 0.5) is 0 Å². The summed E-state index contributed by atoms with van der Waals surface area (Å²) in [5.74, 6) is 4.72. The van der Waals surface area contributed by atoms with Crippen molar-refractivity contribution in [1.29, 1.82) is 0 Å². The highest BCUT2D eigenvalue weighted by Crippen LogP contribution is 2.27. The fraction of sp³-hybridized carbons (Fsp3) is 0.917. The van der Waals surface area contributed by atoms with Gasteiger partial charge in [-0.25, -0.2) is 0 Å². The molecule has 2 aliphatic heterocycles. The lowest BCUT2D eigenvalue weighted by Gasteiger charge is -2.21. The summed E-state index contributed by atoms with van der Waals surface area (Å²) in [5.41, 5.74) is 0. The molecule has 0 aromatic heterocycles. The fourth-order valence-electron chi connectivity index (χ4n) is 2.02. The number of hydrogen-bond acceptors (Lipinski definition) is 5. The van der Waals surface area contributed by atoms with Crippen molar-refractivity contribution < 1.29 is 0 Å². The van der Waals surface area contributed by atoms with Crippen LogP contribution < -0.4 is 5.32 Å². The van der Waals surface area contributed by atoms with E-state index in [4.69, 9.17) is 0 Å². The molecule has 0 aromatic rings. The summed E-state index contributed by atoms with van der Waals surface area (Å²) in [7, 11) is 0. The van der Waals surface area contributed by atoms with E-state index in [1.807, 2.05) is 11.8 Å². The Bertz CT molecular complexity index is 262. The second-order valence-electron chi connectivity index (χ2n) is 4.96. The number of hydrogen-bond donors (Lipinski definition) is 1. The first kappa shape index (κ1) is 13.9. The van der Waals surface area contributed by atoms with Gasteiger partial charge in [0, 0.05) is 34.3 Å². The van der Waals surface area contributed by atoms with Gasteiger partial charge < -0.3 is 5.32 Å². The maximum atomic E-state index is 4.61. The number of nitrogens with zero attached hydrogens (tertiary/aromatic N) is 1. The van der Waals surface area contributed by atoms with Crippen molar-refractivity contribution in [2.45, 2.75) is 30.8 Å². The molecule has 2 heterocycles. The van der Waals surface area contributed by atoms with Crippen LogP contribution in [0.15, 0.2) is 4.99 Å². The van der Waals surface area contributed by atoms with E-state index in [9.17, 15) is 0 Å². The zero-order valence-corrected chi connectivity index (χ0v) is 13.1. The lowest BCUT2D eigenvalue weighted by atomic mass is 10.1. The SMILES string of the molecule is CC(C)CC1CN=C(NCC2CSCCS2)S1. The van der Waals surface area contributed by atoms with Crippen molar-refractivity contribution in [2.75, 3.05) is 30.3 Å². The minimum Gasteiger partial charge on any atom is -0.364 e. The highest BCUT2D eigenvalue weighted by Gasteiger charge is 2.21. The van der Waals surface area contributed by atoms with Crippen molar-refractivity contribution in [2.24, 2.45) is 10.9 Å². The van der Waals surface area contributed by atoms with E-state index in [1.165, 1.54) is 28.8 Å². The van der Waals surface area contributed by atoms with E-state index in [-0.39, 0.29) is 0 Å². The van der Waals surface area contributed by atoms with Gasteiger partial charge in [-0.2, -0.15) is 23.5 Å². The fourth-order valence-corrected chi connectivity index (χ4v) is 5.89. The molecule has 98 valence electrons. The minimum absolute atomic E-state index is 0.714. The Kier molecular flexibility index (Phi) is 5.90. The van der Waals surface area contributed by atoms with Gasteiger partial charge in [-0.3, -0.25) is 4.99 Å². The Labute approximate surface area is 118 Å². The van der Waals surface area contributed by atoms with E-state index in [1.54, 1.807) is 0 Å². The molecule has 0 spiro atoms. The average molecular weight is 291 g/mol. The molecule has 1 saturated heterocycles. The molecule has 0 amide bonds. The topological polar surface area (TPSA) is 24.4 Å². The van der Waals surface area contributed by atoms with Crippen molar-refractivity contribution in [3.05, 3.63) is 0 Å².